The molecular formula is C18H17Cl3N4O3S. The van der Waals surface area contributed by atoms with Crippen LogP contribution >= 0.6 is 47.0 Å². The number of amides is 1. The maximum atomic E-state index is 12.5. The highest BCUT2D eigenvalue weighted by Gasteiger charge is 2.35. The van der Waals surface area contributed by atoms with Crippen molar-refractivity contribution >= 4 is 69.4 Å². The van der Waals surface area contributed by atoms with Crippen molar-refractivity contribution in [3.05, 3.63) is 69.3 Å². The maximum absolute atomic E-state index is 12.5. The van der Waals surface area contributed by atoms with Crippen molar-refractivity contribution in [3.8, 4) is 0 Å². The Balaban J connectivity index is 2.13. The van der Waals surface area contributed by atoms with E-state index >= 15 is 0 Å². The van der Waals surface area contributed by atoms with E-state index in [-0.39, 0.29) is 16.4 Å². The molecule has 0 fully saturated rings. The molecule has 1 amide bonds. The zero-order chi connectivity index (χ0) is 21.8. The van der Waals surface area contributed by atoms with E-state index in [2.05, 4.69) is 16.0 Å². The Kier molecular flexibility index (Phi) is 7.65. The first-order valence-corrected chi connectivity index (χ1v) is 9.78. The van der Waals surface area contributed by atoms with Gasteiger partial charge in [-0.15, -0.1) is 0 Å². The van der Waals surface area contributed by atoms with Crippen molar-refractivity contribution in [3.63, 3.8) is 0 Å². The second-order valence-corrected chi connectivity index (χ2v) is 8.95. The number of carbonyl (C=O) groups is 1. The van der Waals surface area contributed by atoms with E-state index in [1.54, 1.807) is 0 Å². The number of thiocarbonyl (C=S) groups is 1. The molecule has 0 spiro atoms. The molecule has 3 N–H and O–H groups in total. The normalized spacial score (nSPS) is 12.0. The fourth-order valence-corrected chi connectivity index (χ4v) is 2.97. The summed E-state index contributed by atoms with van der Waals surface area (Å²) in [5.74, 6) is -0.674. The summed E-state index contributed by atoms with van der Waals surface area (Å²) in [6.07, 6.45) is -1.20. The number of rotatable bonds is 5. The van der Waals surface area contributed by atoms with Crippen LogP contribution in [0.25, 0.3) is 0 Å². The third-order valence-corrected chi connectivity index (χ3v) is 4.70. The fourth-order valence-electron chi connectivity index (χ4n) is 2.42. The van der Waals surface area contributed by atoms with Gasteiger partial charge in [-0.3, -0.25) is 14.9 Å². The van der Waals surface area contributed by atoms with Crippen LogP contribution in [0.5, 0.6) is 0 Å². The molecule has 0 radical (unpaired) electrons. The minimum Gasteiger partial charge on any atom is -0.339 e. The van der Waals surface area contributed by atoms with Gasteiger partial charge in [0.15, 0.2) is 5.11 Å². The molecule has 0 aliphatic rings. The van der Waals surface area contributed by atoms with Crippen LogP contribution in [0.2, 0.25) is 0 Å². The summed E-state index contributed by atoms with van der Waals surface area (Å²) in [5.41, 5.74) is 2.60. The number of hydrogen-bond donors (Lipinski definition) is 3. The number of benzene rings is 2. The minimum absolute atomic E-state index is 0.0357. The largest absolute Gasteiger partial charge is 0.339 e. The number of nitrogens with zero attached hydrogens (tertiary/aromatic N) is 1. The third kappa shape index (κ3) is 6.71. The Morgan fingerprint density at radius 1 is 1.14 bits per heavy atom. The molecule has 0 bridgehead atoms. The molecule has 0 aromatic heterocycles. The van der Waals surface area contributed by atoms with E-state index in [9.17, 15) is 14.9 Å². The lowest BCUT2D eigenvalue weighted by Gasteiger charge is -2.28. The summed E-state index contributed by atoms with van der Waals surface area (Å²) < 4.78 is -1.95. The van der Waals surface area contributed by atoms with Gasteiger partial charge in [0.2, 0.25) is 3.79 Å². The Bertz CT molecular complexity index is 950. The van der Waals surface area contributed by atoms with E-state index in [1.807, 2.05) is 32.0 Å². The summed E-state index contributed by atoms with van der Waals surface area (Å²) in [4.78, 5) is 22.8. The Morgan fingerprint density at radius 3 is 2.41 bits per heavy atom. The van der Waals surface area contributed by atoms with Crippen LogP contribution in [0, 0.1) is 24.0 Å². The molecule has 0 saturated heterocycles. The molecule has 154 valence electrons. The van der Waals surface area contributed by atoms with E-state index in [4.69, 9.17) is 47.0 Å². The average Bonchev–Trinajstić information content (AvgIpc) is 2.62. The van der Waals surface area contributed by atoms with Crippen molar-refractivity contribution in [1.82, 2.24) is 10.6 Å². The van der Waals surface area contributed by atoms with E-state index in [0.29, 0.717) is 0 Å². The number of carbonyl (C=O) groups excluding carboxylic acids is 1. The van der Waals surface area contributed by atoms with Crippen LogP contribution in [-0.2, 0) is 0 Å². The summed E-state index contributed by atoms with van der Waals surface area (Å²) in [7, 11) is 0. The van der Waals surface area contributed by atoms with E-state index in [0.717, 1.165) is 22.9 Å². The average molecular weight is 476 g/mol. The Hall–Kier alpha value is -2.13. The molecule has 11 heteroatoms. The predicted octanol–water partition coefficient (Wildman–Crippen LogP) is 4.62. The Labute approximate surface area is 187 Å². The molecular weight excluding hydrogens is 459 g/mol. The van der Waals surface area contributed by atoms with E-state index < -0.39 is 20.8 Å². The smallest absolute Gasteiger partial charge is 0.270 e. The second-order valence-electron chi connectivity index (χ2n) is 6.17. The lowest BCUT2D eigenvalue weighted by Crippen LogP contribution is -2.56. The highest BCUT2D eigenvalue weighted by Crippen LogP contribution is 2.29. The SMILES string of the molecule is Cc1ccc(NC(=S)NC(NC(=O)c2cccc([N+](=O)[O-])c2)C(Cl)(Cl)Cl)c(C)c1. The van der Waals surface area contributed by atoms with Gasteiger partial charge >= 0.3 is 0 Å². The Morgan fingerprint density at radius 2 is 1.83 bits per heavy atom. The van der Waals surface area contributed by atoms with Crippen molar-refractivity contribution in [2.75, 3.05) is 5.32 Å². The standard InChI is InChI=1S/C18H17Cl3N4O3S/c1-10-6-7-14(11(2)8-10)22-17(29)24-16(18(19,20)21)23-15(26)12-4-3-5-13(9-12)25(27)28/h3-9,16H,1-2H3,(H,23,26)(H2,22,24,29). The number of nitro benzene ring substituents is 1. The number of anilines is 1. The number of nitro groups is 1. The highest BCUT2D eigenvalue weighted by molar-refractivity contribution is 7.80. The van der Waals surface area contributed by atoms with Crippen molar-refractivity contribution in [2.24, 2.45) is 0 Å². The van der Waals surface area contributed by atoms with Crippen LogP contribution in [0.1, 0.15) is 21.5 Å². The van der Waals surface area contributed by atoms with Gasteiger partial charge < -0.3 is 16.0 Å². The number of non-ortho nitro benzene ring substituents is 1. The van der Waals surface area contributed by atoms with Crippen LogP contribution < -0.4 is 16.0 Å². The molecule has 1 atom stereocenters. The fraction of sp³-hybridized carbons (Fsp3) is 0.222. The lowest BCUT2D eigenvalue weighted by molar-refractivity contribution is -0.384. The van der Waals surface area contributed by atoms with Gasteiger partial charge in [0.25, 0.3) is 11.6 Å². The molecule has 2 aromatic carbocycles. The first kappa shape index (κ1) is 23.2. The monoisotopic (exact) mass is 474 g/mol. The quantitative estimate of drug-likeness (QED) is 0.192. The van der Waals surface area contributed by atoms with Gasteiger partial charge in [-0.05, 0) is 43.8 Å². The van der Waals surface area contributed by atoms with E-state index in [1.165, 1.54) is 18.2 Å². The molecule has 29 heavy (non-hydrogen) atoms. The molecule has 0 aliphatic heterocycles. The van der Waals surface area contributed by atoms with Crippen LogP contribution in [0.15, 0.2) is 42.5 Å². The molecule has 2 rings (SSSR count). The number of alkyl halides is 3. The number of nitrogens with one attached hydrogen (secondary N) is 3. The van der Waals surface area contributed by atoms with Crippen molar-refractivity contribution < 1.29 is 9.72 Å². The zero-order valence-corrected chi connectivity index (χ0v) is 18.4. The zero-order valence-electron chi connectivity index (χ0n) is 15.3. The molecule has 2 aromatic rings. The molecule has 0 saturated carbocycles. The van der Waals surface area contributed by atoms with Crippen molar-refractivity contribution in [2.45, 2.75) is 23.8 Å². The summed E-state index contributed by atoms with van der Waals surface area (Å²) in [6.45, 7) is 3.88. The predicted molar refractivity (Wildman–Crippen MR) is 120 cm³/mol. The molecule has 1 unspecified atom stereocenters. The van der Waals surface area contributed by atoms with Gasteiger partial charge in [-0.1, -0.05) is 58.6 Å². The van der Waals surface area contributed by atoms with Gasteiger partial charge in [0.1, 0.15) is 6.17 Å². The minimum atomic E-state index is -1.95. The number of halogens is 3. The number of aryl methyl sites for hydroxylation is 2. The van der Waals surface area contributed by atoms with Gasteiger partial charge in [-0.25, -0.2) is 0 Å². The molecule has 7 nitrogen and oxygen atoms in total. The van der Waals surface area contributed by atoms with Crippen molar-refractivity contribution in [1.29, 1.82) is 0 Å². The van der Waals surface area contributed by atoms with Gasteiger partial charge in [0, 0.05) is 23.4 Å². The van der Waals surface area contributed by atoms with Gasteiger partial charge in [0.05, 0.1) is 4.92 Å². The topological polar surface area (TPSA) is 96.3 Å². The van der Waals surface area contributed by atoms with Crippen LogP contribution in [-0.4, -0.2) is 25.9 Å². The maximum Gasteiger partial charge on any atom is 0.270 e. The van der Waals surface area contributed by atoms with Crippen LogP contribution in [0.4, 0.5) is 11.4 Å². The lowest BCUT2D eigenvalue weighted by atomic mass is 10.1. The summed E-state index contributed by atoms with van der Waals surface area (Å²) in [6, 6.07) is 10.9. The first-order valence-electron chi connectivity index (χ1n) is 8.24. The van der Waals surface area contributed by atoms with Gasteiger partial charge in [-0.2, -0.15) is 0 Å². The third-order valence-electron chi connectivity index (χ3n) is 3.83. The highest BCUT2D eigenvalue weighted by atomic mass is 35.6. The number of hydrogen-bond acceptors (Lipinski definition) is 4. The second kappa shape index (κ2) is 9.58. The molecule has 0 aliphatic carbocycles. The first-order chi connectivity index (χ1) is 13.5. The summed E-state index contributed by atoms with van der Waals surface area (Å²) in [5, 5.41) is 19.2. The van der Waals surface area contributed by atoms with Crippen LogP contribution in [0.3, 0.4) is 0 Å². The summed E-state index contributed by atoms with van der Waals surface area (Å²) >= 11 is 23.2. The molecule has 0 heterocycles.